The van der Waals surface area contributed by atoms with Crippen LogP contribution in [0.25, 0.3) is 0 Å². The SMILES string of the molecule is CCN(CC1CC1)C(=O)c1cc(Cl)nc(C(C)(C)C)c1. The van der Waals surface area contributed by atoms with Crippen LogP contribution in [0.3, 0.4) is 0 Å². The second kappa shape index (κ2) is 5.72. The van der Waals surface area contributed by atoms with Gasteiger partial charge in [-0.15, -0.1) is 0 Å². The van der Waals surface area contributed by atoms with Gasteiger partial charge in [0, 0.05) is 29.8 Å². The van der Waals surface area contributed by atoms with E-state index < -0.39 is 0 Å². The zero-order valence-electron chi connectivity index (χ0n) is 12.7. The van der Waals surface area contributed by atoms with Gasteiger partial charge in [0.05, 0.1) is 0 Å². The summed E-state index contributed by atoms with van der Waals surface area (Å²) in [5.74, 6) is 0.757. The molecule has 1 saturated carbocycles. The lowest BCUT2D eigenvalue weighted by molar-refractivity contribution is 0.0756. The maximum atomic E-state index is 12.6. The van der Waals surface area contributed by atoms with Crippen LogP contribution in [0.5, 0.6) is 0 Å². The highest BCUT2D eigenvalue weighted by Gasteiger charge is 2.27. The van der Waals surface area contributed by atoms with Crippen molar-refractivity contribution < 1.29 is 4.79 Å². The highest BCUT2D eigenvalue weighted by Crippen LogP contribution is 2.30. The molecule has 0 N–H and O–H groups in total. The molecule has 20 heavy (non-hydrogen) atoms. The van der Waals surface area contributed by atoms with Crippen molar-refractivity contribution in [2.75, 3.05) is 13.1 Å². The van der Waals surface area contributed by atoms with Gasteiger partial charge < -0.3 is 4.90 Å². The Morgan fingerprint density at radius 3 is 2.55 bits per heavy atom. The quantitative estimate of drug-likeness (QED) is 0.789. The Morgan fingerprint density at radius 2 is 2.05 bits per heavy atom. The highest BCUT2D eigenvalue weighted by molar-refractivity contribution is 6.29. The van der Waals surface area contributed by atoms with Crippen molar-refractivity contribution in [3.8, 4) is 0 Å². The first-order valence-electron chi connectivity index (χ1n) is 7.28. The van der Waals surface area contributed by atoms with E-state index in [1.54, 1.807) is 6.07 Å². The van der Waals surface area contributed by atoms with E-state index in [1.807, 2.05) is 17.9 Å². The molecular weight excluding hydrogens is 272 g/mol. The lowest BCUT2D eigenvalue weighted by Crippen LogP contribution is -2.33. The molecule has 3 nitrogen and oxygen atoms in total. The first kappa shape index (κ1) is 15.3. The van der Waals surface area contributed by atoms with E-state index in [9.17, 15) is 4.79 Å². The van der Waals surface area contributed by atoms with Crippen LogP contribution in [-0.2, 0) is 5.41 Å². The molecule has 0 bridgehead atoms. The van der Waals surface area contributed by atoms with Crippen molar-refractivity contribution in [1.82, 2.24) is 9.88 Å². The predicted octanol–water partition coefficient (Wildman–Crippen LogP) is 3.90. The third-order valence-corrected chi connectivity index (χ3v) is 3.85. The van der Waals surface area contributed by atoms with E-state index in [-0.39, 0.29) is 11.3 Å². The van der Waals surface area contributed by atoms with Crippen LogP contribution in [0.1, 0.15) is 56.6 Å². The first-order valence-corrected chi connectivity index (χ1v) is 7.66. The number of hydrogen-bond acceptors (Lipinski definition) is 2. The summed E-state index contributed by atoms with van der Waals surface area (Å²) in [6.07, 6.45) is 2.49. The summed E-state index contributed by atoms with van der Waals surface area (Å²) in [7, 11) is 0. The smallest absolute Gasteiger partial charge is 0.254 e. The van der Waals surface area contributed by atoms with Crippen LogP contribution >= 0.6 is 11.6 Å². The molecule has 0 aromatic carbocycles. The molecule has 110 valence electrons. The van der Waals surface area contributed by atoms with Crippen LogP contribution < -0.4 is 0 Å². The van der Waals surface area contributed by atoms with Crippen molar-refractivity contribution in [1.29, 1.82) is 0 Å². The Morgan fingerprint density at radius 1 is 1.40 bits per heavy atom. The first-order chi connectivity index (χ1) is 9.31. The Hall–Kier alpha value is -1.09. The predicted molar refractivity (Wildman–Crippen MR) is 82.2 cm³/mol. The van der Waals surface area contributed by atoms with Gasteiger partial charge in [-0.1, -0.05) is 32.4 Å². The lowest BCUT2D eigenvalue weighted by Gasteiger charge is -2.23. The number of amides is 1. The number of hydrogen-bond donors (Lipinski definition) is 0. The number of rotatable bonds is 4. The van der Waals surface area contributed by atoms with Gasteiger partial charge in [-0.3, -0.25) is 4.79 Å². The summed E-state index contributed by atoms with van der Waals surface area (Å²) in [4.78, 5) is 18.9. The topological polar surface area (TPSA) is 33.2 Å². The van der Waals surface area contributed by atoms with E-state index in [4.69, 9.17) is 11.6 Å². The molecule has 1 aromatic rings. The molecule has 1 heterocycles. The average molecular weight is 295 g/mol. The minimum absolute atomic E-state index is 0.0641. The van der Waals surface area contributed by atoms with Crippen molar-refractivity contribution in [3.63, 3.8) is 0 Å². The largest absolute Gasteiger partial charge is 0.339 e. The van der Waals surface area contributed by atoms with Gasteiger partial charge in [-0.25, -0.2) is 4.98 Å². The molecule has 4 heteroatoms. The molecule has 2 rings (SSSR count). The molecule has 1 aliphatic carbocycles. The van der Waals surface area contributed by atoms with Gasteiger partial charge in [0.15, 0.2) is 0 Å². The number of halogens is 1. The van der Waals surface area contributed by atoms with E-state index >= 15 is 0 Å². The molecule has 1 aromatic heterocycles. The van der Waals surface area contributed by atoms with Gasteiger partial charge in [-0.05, 0) is 37.8 Å². The van der Waals surface area contributed by atoms with Crippen molar-refractivity contribution in [2.45, 2.75) is 46.0 Å². The van der Waals surface area contributed by atoms with Crippen molar-refractivity contribution in [2.24, 2.45) is 5.92 Å². The molecule has 0 saturated heterocycles. The van der Waals surface area contributed by atoms with Crippen LogP contribution in [0, 0.1) is 5.92 Å². The Labute approximate surface area is 126 Å². The minimum Gasteiger partial charge on any atom is -0.339 e. The number of carbonyl (C=O) groups is 1. The lowest BCUT2D eigenvalue weighted by atomic mass is 9.90. The van der Waals surface area contributed by atoms with Crippen LogP contribution in [0.4, 0.5) is 0 Å². The molecular formula is C16H23ClN2O. The van der Waals surface area contributed by atoms with E-state index in [1.165, 1.54) is 12.8 Å². The summed E-state index contributed by atoms with van der Waals surface area (Å²) in [6, 6.07) is 3.55. The molecule has 1 aliphatic rings. The molecule has 0 atom stereocenters. The van der Waals surface area contributed by atoms with Gasteiger partial charge in [0.2, 0.25) is 0 Å². The van der Waals surface area contributed by atoms with Gasteiger partial charge in [0.1, 0.15) is 5.15 Å². The Bertz CT molecular complexity index is 504. The van der Waals surface area contributed by atoms with Crippen LogP contribution in [-0.4, -0.2) is 28.9 Å². The summed E-state index contributed by atoms with van der Waals surface area (Å²) in [5, 5.41) is 0.392. The number of aromatic nitrogens is 1. The molecule has 0 unspecified atom stereocenters. The van der Waals surface area contributed by atoms with Gasteiger partial charge in [-0.2, -0.15) is 0 Å². The number of pyridine rings is 1. The Balaban J connectivity index is 2.26. The zero-order valence-corrected chi connectivity index (χ0v) is 13.5. The second-order valence-corrected chi connectivity index (χ2v) is 6.99. The minimum atomic E-state index is -0.118. The van der Waals surface area contributed by atoms with E-state index in [0.29, 0.717) is 16.6 Å². The van der Waals surface area contributed by atoms with Gasteiger partial charge in [0.25, 0.3) is 5.91 Å². The standard InChI is InChI=1S/C16H23ClN2O/c1-5-19(10-11-6-7-11)15(20)12-8-13(16(2,3)4)18-14(17)9-12/h8-9,11H,5-7,10H2,1-4H3. The normalized spacial score (nSPS) is 15.2. The summed E-state index contributed by atoms with van der Waals surface area (Å²) in [6.45, 7) is 9.83. The summed E-state index contributed by atoms with van der Waals surface area (Å²) >= 11 is 6.08. The fraction of sp³-hybridized carbons (Fsp3) is 0.625. The van der Waals surface area contributed by atoms with Crippen LogP contribution in [0.15, 0.2) is 12.1 Å². The maximum absolute atomic E-state index is 12.6. The monoisotopic (exact) mass is 294 g/mol. The Kier molecular flexibility index (Phi) is 4.38. The summed E-state index contributed by atoms with van der Waals surface area (Å²) < 4.78 is 0. The fourth-order valence-electron chi connectivity index (χ4n) is 2.15. The molecule has 0 aliphatic heterocycles. The summed E-state index contributed by atoms with van der Waals surface area (Å²) in [5.41, 5.74) is 1.39. The molecule has 0 spiro atoms. The van der Waals surface area contributed by atoms with Crippen molar-refractivity contribution in [3.05, 3.63) is 28.5 Å². The third kappa shape index (κ3) is 3.72. The maximum Gasteiger partial charge on any atom is 0.254 e. The second-order valence-electron chi connectivity index (χ2n) is 6.60. The molecule has 1 fully saturated rings. The number of carbonyl (C=O) groups excluding carboxylic acids is 1. The third-order valence-electron chi connectivity index (χ3n) is 3.65. The fourth-order valence-corrected chi connectivity index (χ4v) is 2.36. The average Bonchev–Trinajstić information content (AvgIpc) is 3.17. The van der Waals surface area contributed by atoms with Crippen molar-refractivity contribution >= 4 is 17.5 Å². The number of nitrogens with zero attached hydrogens (tertiary/aromatic N) is 2. The molecule has 1 amide bonds. The van der Waals surface area contributed by atoms with E-state index in [2.05, 4.69) is 25.8 Å². The highest BCUT2D eigenvalue weighted by atomic mass is 35.5. The van der Waals surface area contributed by atoms with Crippen LogP contribution in [0.2, 0.25) is 5.15 Å². The van der Waals surface area contributed by atoms with E-state index in [0.717, 1.165) is 18.8 Å². The molecule has 0 radical (unpaired) electrons. The zero-order chi connectivity index (χ0) is 14.9. The van der Waals surface area contributed by atoms with Gasteiger partial charge >= 0.3 is 0 Å².